The monoisotopic (exact) mass is 324 g/mol. The minimum absolute atomic E-state index is 0.0544. The maximum Gasteiger partial charge on any atom is 0.0604 e. The number of nitrogens with one attached hydrogen (secondary N) is 1. The van der Waals surface area contributed by atoms with Crippen molar-refractivity contribution in [2.24, 2.45) is 0 Å². The van der Waals surface area contributed by atoms with Gasteiger partial charge in [0.1, 0.15) is 0 Å². The van der Waals surface area contributed by atoms with E-state index in [9.17, 15) is 0 Å². The van der Waals surface area contributed by atoms with Crippen LogP contribution in [0.15, 0.2) is 41.0 Å². The molecule has 0 aliphatic heterocycles. The Bertz CT molecular complexity index is 540. The van der Waals surface area contributed by atoms with Crippen molar-refractivity contribution in [3.8, 4) is 0 Å². The minimum atomic E-state index is 0.0544. The van der Waals surface area contributed by atoms with Gasteiger partial charge in [-0.3, -0.25) is 4.98 Å². The predicted molar refractivity (Wildman–Crippen MR) is 79.0 cm³/mol. The van der Waals surface area contributed by atoms with Gasteiger partial charge in [0.2, 0.25) is 0 Å². The fourth-order valence-electron chi connectivity index (χ4n) is 1.89. The number of hydrogen-bond acceptors (Lipinski definition) is 2. The molecule has 1 aromatic carbocycles. The molecule has 2 nitrogen and oxygen atoms in total. The lowest BCUT2D eigenvalue weighted by molar-refractivity contribution is 0.688. The van der Waals surface area contributed by atoms with Crippen molar-refractivity contribution in [3.63, 3.8) is 0 Å². The van der Waals surface area contributed by atoms with Crippen molar-refractivity contribution < 1.29 is 0 Å². The highest BCUT2D eigenvalue weighted by Crippen LogP contribution is 2.30. The smallest absolute Gasteiger partial charge is 0.0604 e. The number of pyridine rings is 1. The Morgan fingerprint density at radius 3 is 2.61 bits per heavy atom. The van der Waals surface area contributed by atoms with Gasteiger partial charge in [-0.25, -0.2) is 0 Å². The molecule has 0 spiro atoms. The first kappa shape index (κ1) is 13.5. The van der Waals surface area contributed by atoms with Gasteiger partial charge in [0.15, 0.2) is 0 Å². The lowest BCUT2D eigenvalue weighted by atomic mass is 10.00. The third-order valence-electron chi connectivity index (χ3n) is 2.83. The van der Waals surface area contributed by atoms with Crippen LogP contribution in [0.4, 0.5) is 0 Å². The van der Waals surface area contributed by atoms with E-state index in [1.807, 2.05) is 44.4 Å². The molecule has 18 heavy (non-hydrogen) atoms. The van der Waals surface area contributed by atoms with E-state index in [2.05, 4.69) is 32.3 Å². The van der Waals surface area contributed by atoms with Gasteiger partial charge in [0, 0.05) is 21.4 Å². The molecule has 0 fully saturated rings. The lowest BCUT2D eigenvalue weighted by Crippen LogP contribution is -2.18. The largest absolute Gasteiger partial charge is 0.309 e. The predicted octanol–water partition coefficient (Wildman–Crippen LogP) is 4.11. The number of aryl methyl sites for hydroxylation is 1. The molecule has 0 aliphatic carbocycles. The van der Waals surface area contributed by atoms with Crippen molar-refractivity contribution >= 4 is 27.5 Å². The summed E-state index contributed by atoms with van der Waals surface area (Å²) in [6.45, 7) is 1.98. The van der Waals surface area contributed by atoms with Gasteiger partial charge in [-0.05, 0) is 43.3 Å². The van der Waals surface area contributed by atoms with Gasteiger partial charge in [0.25, 0.3) is 0 Å². The highest BCUT2D eigenvalue weighted by molar-refractivity contribution is 9.10. The summed E-state index contributed by atoms with van der Waals surface area (Å²) in [6, 6.07) is 10.1. The SMILES string of the molecule is CNC(c1ccc(C)nc1)c1ccc(Br)cc1Cl. The average molecular weight is 326 g/mol. The topological polar surface area (TPSA) is 24.9 Å². The lowest BCUT2D eigenvalue weighted by Gasteiger charge is -2.18. The molecular weight excluding hydrogens is 312 g/mol. The molecule has 0 amide bonds. The molecule has 4 heteroatoms. The van der Waals surface area contributed by atoms with Crippen LogP contribution in [0.25, 0.3) is 0 Å². The van der Waals surface area contributed by atoms with Crippen molar-refractivity contribution in [1.29, 1.82) is 0 Å². The summed E-state index contributed by atoms with van der Waals surface area (Å²) in [7, 11) is 1.92. The molecular formula is C14H14BrClN2. The van der Waals surface area contributed by atoms with E-state index in [4.69, 9.17) is 11.6 Å². The second-order valence-electron chi connectivity index (χ2n) is 4.12. The molecule has 94 valence electrons. The van der Waals surface area contributed by atoms with Gasteiger partial charge in [-0.15, -0.1) is 0 Å². The minimum Gasteiger partial charge on any atom is -0.309 e. The second-order valence-corrected chi connectivity index (χ2v) is 5.44. The maximum absolute atomic E-state index is 6.29. The first-order chi connectivity index (χ1) is 8.61. The van der Waals surface area contributed by atoms with E-state index >= 15 is 0 Å². The summed E-state index contributed by atoms with van der Waals surface area (Å²) in [5.74, 6) is 0. The highest BCUT2D eigenvalue weighted by Gasteiger charge is 2.15. The Morgan fingerprint density at radius 1 is 1.28 bits per heavy atom. The van der Waals surface area contributed by atoms with Crippen LogP contribution in [0.2, 0.25) is 5.02 Å². The molecule has 0 bridgehead atoms. The summed E-state index contributed by atoms with van der Waals surface area (Å²) in [4.78, 5) is 4.33. The summed E-state index contributed by atoms with van der Waals surface area (Å²) in [6.07, 6.45) is 1.88. The van der Waals surface area contributed by atoms with E-state index in [0.717, 1.165) is 26.3 Å². The summed E-state index contributed by atoms with van der Waals surface area (Å²) in [5.41, 5.74) is 3.16. The quantitative estimate of drug-likeness (QED) is 0.918. The van der Waals surface area contributed by atoms with E-state index in [1.54, 1.807) is 0 Å². The van der Waals surface area contributed by atoms with Gasteiger partial charge in [-0.2, -0.15) is 0 Å². The van der Waals surface area contributed by atoms with E-state index in [-0.39, 0.29) is 6.04 Å². The molecule has 1 aromatic heterocycles. The van der Waals surface area contributed by atoms with Crippen LogP contribution >= 0.6 is 27.5 Å². The van der Waals surface area contributed by atoms with Crippen LogP contribution in [0, 0.1) is 6.92 Å². The van der Waals surface area contributed by atoms with Crippen LogP contribution in [-0.2, 0) is 0 Å². The van der Waals surface area contributed by atoms with Crippen LogP contribution < -0.4 is 5.32 Å². The van der Waals surface area contributed by atoms with Gasteiger partial charge >= 0.3 is 0 Å². The molecule has 0 saturated heterocycles. The van der Waals surface area contributed by atoms with Crippen LogP contribution in [0.3, 0.4) is 0 Å². The Balaban J connectivity index is 2.41. The fourth-order valence-corrected chi connectivity index (χ4v) is 2.67. The normalized spacial score (nSPS) is 12.4. The molecule has 2 aromatic rings. The Morgan fingerprint density at radius 2 is 2.06 bits per heavy atom. The Hall–Kier alpha value is -0.900. The van der Waals surface area contributed by atoms with E-state index in [0.29, 0.717) is 0 Å². The average Bonchev–Trinajstić information content (AvgIpc) is 2.35. The van der Waals surface area contributed by atoms with Gasteiger partial charge in [0.05, 0.1) is 6.04 Å². The zero-order valence-electron chi connectivity index (χ0n) is 10.2. The van der Waals surface area contributed by atoms with Crippen molar-refractivity contribution in [2.45, 2.75) is 13.0 Å². The van der Waals surface area contributed by atoms with E-state index < -0.39 is 0 Å². The van der Waals surface area contributed by atoms with Gasteiger partial charge in [-0.1, -0.05) is 39.7 Å². The number of aromatic nitrogens is 1. The van der Waals surface area contributed by atoms with Crippen molar-refractivity contribution in [1.82, 2.24) is 10.3 Å². The maximum atomic E-state index is 6.29. The number of benzene rings is 1. The zero-order valence-corrected chi connectivity index (χ0v) is 12.6. The second kappa shape index (κ2) is 5.83. The Labute approximate surface area is 121 Å². The standard InChI is InChI=1S/C14H14BrClN2/c1-9-3-4-10(8-18-9)14(17-2)12-6-5-11(15)7-13(12)16/h3-8,14,17H,1-2H3. The van der Waals surface area contributed by atoms with Crippen LogP contribution in [0.5, 0.6) is 0 Å². The molecule has 0 saturated carbocycles. The first-order valence-electron chi connectivity index (χ1n) is 5.66. The Kier molecular flexibility index (Phi) is 4.38. The van der Waals surface area contributed by atoms with Crippen molar-refractivity contribution in [2.75, 3.05) is 7.05 Å². The highest BCUT2D eigenvalue weighted by atomic mass is 79.9. The zero-order chi connectivity index (χ0) is 13.1. The third-order valence-corrected chi connectivity index (χ3v) is 3.65. The first-order valence-corrected chi connectivity index (χ1v) is 6.83. The number of nitrogens with zero attached hydrogens (tertiary/aromatic N) is 1. The molecule has 0 radical (unpaired) electrons. The molecule has 1 atom stereocenters. The molecule has 1 N–H and O–H groups in total. The number of rotatable bonds is 3. The third kappa shape index (κ3) is 2.91. The van der Waals surface area contributed by atoms with Gasteiger partial charge < -0.3 is 5.32 Å². The van der Waals surface area contributed by atoms with Crippen LogP contribution in [-0.4, -0.2) is 12.0 Å². The molecule has 2 rings (SSSR count). The molecule has 1 unspecified atom stereocenters. The van der Waals surface area contributed by atoms with E-state index in [1.165, 1.54) is 0 Å². The molecule has 0 aliphatic rings. The summed E-state index contributed by atoms with van der Waals surface area (Å²) in [5, 5.41) is 4.01. The fraction of sp³-hybridized carbons (Fsp3) is 0.214. The molecule has 1 heterocycles. The summed E-state index contributed by atoms with van der Waals surface area (Å²) < 4.78 is 0.980. The number of halogens is 2. The number of hydrogen-bond donors (Lipinski definition) is 1. The van der Waals surface area contributed by atoms with Crippen molar-refractivity contribution in [3.05, 3.63) is 62.8 Å². The van der Waals surface area contributed by atoms with Crippen LogP contribution in [0.1, 0.15) is 22.9 Å². The summed E-state index contributed by atoms with van der Waals surface area (Å²) >= 11 is 9.71.